The predicted molar refractivity (Wildman–Crippen MR) is 55.3 cm³/mol. The van der Waals surface area contributed by atoms with Crippen LogP contribution in [0.2, 0.25) is 0 Å². The first-order valence-electron chi connectivity index (χ1n) is 4.87. The van der Waals surface area contributed by atoms with Crippen LogP contribution in [0.25, 0.3) is 0 Å². The number of hydrogen-bond acceptors (Lipinski definition) is 2. The van der Waals surface area contributed by atoms with Gasteiger partial charge in [0.1, 0.15) is 0 Å². The van der Waals surface area contributed by atoms with Crippen molar-refractivity contribution in [1.29, 1.82) is 0 Å². The Morgan fingerprint density at radius 3 is 1.92 bits per heavy atom. The van der Waals surface area contributed by atoms with Crippen LogP contribution in [-0.2, 0) is 0 Å². The lowest BCUT2D eigenvalue weighted by atomic mass is 9.82. The van der Waals surface area contributed by atoms with Crippen LogP contribution in [0.15, 0.2) is 0 Å². The maximum absolute atomic E-state index is 6.11. The number of hydrogen-bond donors (Lipinski definition) is 2. The minimum absolute atomic E-state index is 0.0340. The smallest absolute Gasteiger partial charge is 0.0165 e. The van der Waals surface area contributed by atoms with Crippen LogP contribution in [-0.4, -0.2) is 18.1 Å². The molecule has 2 atom stereocenters. The fraction of sp³-hybridized carbons (Fsp3) is 1.00. The third-order valence-electron chi connectivity index (χ3n) is 2.99. The molecule has 3 N–H and O–H groups in total. The summed E-state index contributed by atoms with van der Waals surface area (Å²) in [6, 6.07) is 0. The molecule has 2 heteroatoms. The van der Waals surface area contributed by atoms with Gasteiger partial charge in [-0.2, -0.15) is 0 Å². The van der Waals surface area contributed by atoms with E-state index in [1.54, 1.807) is 0 Å². The SMILES string of the molecule is CCC(C)(C[C@](C)(N)CC)NC. The predicted octanol–water partition coefficient (Wildman–Crippen LogP) is 1.89. The molecular formula is C10H24N2. The van der Waals surface area contributed by atoms with Crippen LogP contribution >= 0.6 is 0 Å². The molecule has 0 aromatic heterocycles. The first kappa shape index (κ1) is 11.9. The second-order valence-corrected chi connectivity index (χ2v) is 4.35. The molecule has 0 heterocycles. The fourth-order valence-corrected chi connectivity index (χ4v) is 1.41. The average molecular weight is 172 g/mol. The third kappa shape index (κ3) is 3.55. The summed E-state index contributed by atoms with van der Waals surface area (Å²) in [6.07, 6.45) is 3.18. The molecule has 12 heavy (non-hydrogen) atoms. The molecular weight excluding hydrogens is 148 g/mol. The van der Waals surface area contributed by atoms with Crippen LogP contribution in [0.1, 0.15) is 47.0 Å². The maximum atomic E-state index is 6.11. The second kappa shape index (κ2) is 4.24. The van der Waals surface area contributed by atoms with E-state index in [2.05, 4.69) is 33.0 Å². The first-order valence-corrected chi connectivity index (χ1v) is 4.87. The van der Waals surface area contributed by atoms with Gasteiger partial charge >= 0.3 is 0 Å². The van der Waals surface area contributed by atoms with Gasteiger partial charge in [-0.1, -0.05) is 13.8 Å². The van der Waals surface area contributed by atoms with Crippen molar-refractivity contribution in [3.8, 4) is 0 Å². The topological polar surface area (TPSA) is 38.0 Å². The minimum atomic E-state index is -0.0340. The van der Waals surface area contributed by atoms with E-state index in [-0.39, 0.29) is 11.1 Å². The van der Waals surface area contributed by atoms with Gasteiger partial charge < -0.3 is 11.1 Å². The van der Waals surface area contributed by atoms with E-state index < -0.39 is 0 Å². The first-order chi connectivity index (χ1) is 5.39. The van der Waals surface area contributed by atoms with Crippen molar-refractivity contribution in [2.24, 2.45) is 5.73 Å². The molecule has 0 saturated heterocycles. The number of nitrogens with one attached hydrogen (secondary N) is 1. The van der Waals surface area contributed by atoms with Crippen molar-refractivity contribution in [2.45, 2.75) is 58.0 Å². The summed E-state index contributed by atoms with van der Waals surface area (Å²) in [4.78, 5) is 0. The molecule has 2 nitrogen and oxygen atoms in total. The monoisotopic (exact) mass is 172 g/mol. The van der Waals surface area contributed by atoms with E-state index in [4.69, 9.17) is 5.73 Å². The molecule has 0 aliphatic rings. The molecule has 0 aromatic rings. The van der Waals surface area contributed by atoms with E-state index in [0.717, 1.165) is 19.3 Å². The van der Waals surface area contributed by atoms with E-state index in [1.165, 1.54) is 0 Å². The summed E-state index contributed by atoms with van der Waals surface area (Å²) in [5.74, 6) is 0. The van der Waals surface area contributed by atoms with Crippen LogP contribution in [0, 0.1) is 0 Å². The van der Waals surface area contributed by atoms with Crippen LogP contribution in [0.3, 0.4) is 0 Å². The normalized spacial score (nSPS) is 21.5. The molecule has 0 amide bonds. The van der Waals surface area contributed by atoms with E-state index in [9.17, 15) is 0 Å². The van der Waals surface area contributed by atoms with E-state index >= 15 is 0 Å². The largest absolute Gasteiger partial charge is 0.325 e. The Bertz CT molecular complexity index is 126. The van der Waals surface area contributed by atoms with Gasteiger partial charge in [-0.15, -0.1) is 0 Å². The van der Waals surface area contributed by atoms with Gasteiger partial charge in [0.05, 0.1) is 0 Å². The van der Waals surface area contributed by atoms with Crippen molar-refractivity contribution >= 4 is 0 Å². The Morgan fingerprint density at radius 2 is 1.67 bits per heavy atom. The molecule has 0 aliphatic carbocycles. The van der Waals surface area contributed by atoms with Gasteiger partial charge in [0.15, 0.2) is 0 Å². The Kier molecular flexibility index (Phi) is 4.21. The van der Waals surface area contributed by atoms with Crippen molar-refractivity contribution in [3.05, 3.63) is 0 Å². The molecule has 0 bridgehead atoms. The van der Waals surface area contributed by atoms with E-state index in [1.807, 2.05) is 7.05 Å². The van der Waals surface area contributed by atoms with Crippen LogP contribution in [0.4, 0.5) is 0 Å². The van der Waals surface area contributed by atoms with Crippen molar-refractivity contribution in [2.75, 3.05) is 7.05 Å². The Hall–Kier alpha value is -0.0800. The number of rotatable bonds is 5. The molecule has 74 valence electrons. The van der Waals surface area contributed by atoms with Crippen molar-refractivity contribution in [3.63, 3.8) is 0 Å². The van der Waals surface area contributed by atoms with Gasteiger partial charge in [0.2, 0.25) is 0 Å². The van der Waals surface area contributed by atoms with Gasteiger partial charge in [-0.3, -0.25) is 0 Å². The zero-order valence-electron chi connectivity index (χ0n) is 9.20. The standard InChI is InChI=1S/C10H24N2/c1-6-9(3,11)8-10(4,7-2)12-5/h12H,6-8,11H2,1-5H3/t9-,10?/m1/s1. The summed E-state index contributed by atoms with van der Waals surface area (Å²) in [6.45, 7) is 8.69. The Balaban J connectivity index is 4.20. The summed E-state index contributed by atoms with van der Waals surface area (Å²) >= 11 is 0. The molecule has 0 rings (SSSR count). The van der Waals surface area contributed by atoms with Gasteiger partial charge in [-0.25, -0.2) is 0 Å². The number of nitrogens with two attached hydrogens (primary N) is 1. The molecule has 0 aromatic carbocycles. The van der Waals surface area contributed by atoms with Crippen molar-refractivity contribution < 1.29 is 0 Å². The molecule has 0 saturated carbocycles. The third-order valence-corrected chi connectivity index (χ3v) is 2.99. The minimum Gasteiger partial charge on any atom is -0.325 e. The lowest BCUT2D eigenvalue weighted by Gasteiger charge is -2.36. The second-order valence-electron chi connectivity index (χ2n) is 4.35. The fourth-order valence-electron chi connectivity index (χ4n) is 1.41. The molecule has 1 unspecified atom stereocenters. The van der Waals surface area contributed by atoms with Gasteiger partial charge in [0.25, 0.3) is 0 Å². The summed E-state index contributed by atoms with van der Waals surface area (Å²) in [7, 11) is 2.01. The molecule has 0 radical (unpaired) electrons. The molecule has 0 spiro atoms. The highest BCUT2D eigenvalue weighted by atomic mass is 14.9. The summed E-state index contributed by atoms with van der Waals surface area (Å²) < 4.78 is 0. The zero-order valence-corrected chi connectivity index (χ0v) is 9.20. The lowest BCUT2D eigenvalue weighted by molar-refractivity contribution is 0.257. The molecule has 0 aliphatic heterocycles. The quantitative estimate of drug-likeness (QED) is 0.664. The van der Waals surface area contributed by atoms with Crippen LogP contribution < -0.4 is 11.1 Å². The Morgan fingerprint density at radius 1 is 1.17 bits per heavy atom. The van der Waals surface area contributed by atoms with Crippen LogP contribution in [0.5, 0.6) is 0 Å². The summed E-state index contributed by atoms with van der Waals surface area (Å²) in [5, 5.41) is 3.34. The van der Waals surface area contributed by atoms with Gasteiger partial charge in [-0.05, 0) is 40.2 Å². The zero-order chi connectivity index (χ0) is 9.83. The van der Waals surface area contributed by atoms with E-state index in [0.29, 0.717) is 0 Å². The highest BCUT2D eigenvalue weighted by Crippen LogP contribution is 2.23. The van der Waals surface area contributed by atoms with Crippen molar-refractivity contribution in [1.82, 2.24) is 5.32 Å². The summed E-state index contributed by atoms with van der Waals surface area (Å²) in [5.41, 5.74) is 6.27. The average Bonchev–Trinajstić information content (AvgIpc) is 2.04. The maximum Gasteiger partial charge on any atom is 0.0165 e. The highest BCUT2D eigenvalue weighted by Gasteiger charge is 2.28. The highest BCUT2D eigenvalue weighted by molar-refractivity contribution is 4.91. The van der Waals surface area contributed by atoms with Gasteiger partial charge in [0, 0.05) is 11.1 Å². The molecule has 0 fully saturated rings. The lowest BCUT2D eigenvalue weighted by Crippen LogP contribution is -2.49. The Labute approximate surface area is 76.9 Å².